The molecular weight excluding hydrogens is 314 g/mol. The van der Waals surface area contributed by atoms with Gasteiger partial charge in [0.1, 0.15) is 0 Å². The van der Waals surface area contributed by atoms with Gasteiger partial charge in [0.2, 0.25) is 0 Å². The topological polar surface area (TPSA) is 61.4 Å². The summed E-state index contributed by atoms with van der Waals surface area (Å²) in [6, 6.07) is 6.81. The molecule has 0 radical (unpaired) electrons. The Morgan fingerprint density at radius 2 is 1.65 bits per heavy atom. The highest BCUT2D eigenvalue weighted by Crippen LogP contribution is 2.26. The number of nitrogens with one attached hydrogen (secondary N) is 2. The predicted molar refractivity (Wildman–Crippen MR) is 94.3 cm³/mol. The first-order valence-corrected chi connectivity index (χ1v) is 7.72. The summed E-state index contributed by atoms with van der Waals surface area (Å²) >= 11 is 0. The van der Waals surface area contributed by atoms with E-state index in [-0.39, 0.29) is 29.6 Å². The second-order valence-corrected chi connectivity index (χ2v) is 6.52. The summed E-state index contributed by atoms with van der Waals surface area (Å²) < 4.78 is 0. The SMILES string of the molecule is CN(C)C(=O)c1ccc(C(=O)NCC2(C)CCNCC2)cc1.Cl. The first kappa shape index (κ1) is 19.5. The van der Waals surface area contributed by atoms with E-state index in [0.29, 0.717) is 17.7 Å². The largest absolute Gasteiger partial charge is 0.351 e. The number of hydrogen-bond donors (Lipinski definition) is 2. The van der Waals surface area contributed by atoms with Crippen molar-refractivity contribution in [3.8, 4) is 0 Å². The van der Waals surface area contributed by atoms with Gasteiger partial charge < -0.3 is 15.5 Å². The van der Waals surface area contributed by atoms with Gasteiger partial charge in [-0.05, 0) is 55.6 Å². The van der Waals surface area contributed by atoms with Crippen LogP contribution in [0.4, 0.5) is 0 Å². The molecule has 1 aliphatic rings. The van der Waals surface area contributed by atoms with Crippen LogP contribution in [0.1, 0.15) is 40.5 Å². The molecule has 1 aliphatic heterocycles. The standard InChI is InChI=1S/C17H25N3O2.ClH/c1-17(8-10-18-11-9-17)12-19-15(21)13-4-6-14(7-5-13)16(22)20(2)3;/h4-7,18H,8-12H2,1-3H3,(H,19,21);1H. The Hall–Kier alpha value is -1.59. The molecule has 0 atom stereocenters. The molecule has 2 rings (SSSR count). The maximum atomic E-state index is 12.2. The van der Waals surface area contributed by atoms with E-state index >= 15 is 0 Å². The van der Waals surface area contributed by atoms with Crippen molar-refractivity contribution in [2.75, 3.05) is 33.7 Å². The van der Waals surface area contributed by atoms with Crippen molar-refractivity contribution >= 4 is 24.2 Å². The first-order valence-electron chi connectivity index (χ1n) is 7.72. The molecule has 6 heteroatoms. The fourth-order valence-corrected chi connectivity index (χ4v) is 2.63. The Labute approximate surface area is 144 Å². The average molecular weight is 340 g/mol. The number of rotatable bonds is 4. The molecule has 2 amide bonds. The number of nitrogens with zero attached hydrogens (tertiary/aromatic N) is 1. The fraction of sp³-hybridized carbons (Fsp3) is 0.529. The Bertz CT molecular complexity index is 537. The van der Waals surface area contributed by atoms with E-state index in [1.807, 2.05) is 0 Å². The molecule has 128 valence electrons. The second-order valence-electron chi connectivity index (χ2n) is 6.52. The van der Waals surface area contributed by atoms with Crippen molar-refractivity contribution in [1.29, 1.82) is 0 Å². The van der Waals surface area contributed by atoms with Crippen LogP contribution in [0.3, 0.4) is 0 Å². The number of carbonyl (C=O) groups excluding carboxylic acids is 2. The minimum absolute atomic E-state index is 0. The summed E-state index contributed by atoms with van der Waals surface area (Å²) in [4.78, 5) is 25.6. The molecule has 0 saturated carbocycles. The van der Waals surface area contributed by atoms with Gasteiger partial charge in [0.15, 0.2) is 0 Å². The lowest BCUT2D eigenvalue weighted by atomic mass is 9.81. The van der Waals surface area contributed by atoms with Gasteiger partial charge in [-0.25, -0.2) is 0 Å². The van der Waals surface area contributed by atoms with Crippen LogP contribution in [0.15, 0.2) is 24.3 Å². The van der Waals surface area contributed by atoms with Crippen molar-refractivity contribution in [3.05, 3.63) is 35.4 Å². The van der Waals surface area contributed by atoms with Crippen LogP contribution in [0, 0.1) is 5.41 Å². The molecule has 0 aromatic heterocycles. The third kappa shape index (κ3) is 5.22. The number of carbonyl (C=O) groups is 2. The summed E-state index contributed by atoms with van der Waals surface area (Å²) in [7, 11) is 3.42. The van der Waals surface area contributed by atoms with Crippen LogP contribution < -0.4 is 10.6 Å². The van der Waals surface area contributed by atoms with Crippen LogP contribution in [0.25, 0.3) is 0 Å². The highest BCUT2D eigenvalue weighted by Gasteiger charge is 2.27. The summed E-state index contributed by atoms with van der Waals surface area (Å²) in [5.41, 5.74) is 1.35. The summed E-state index contributed by atoms with van der Waals surface area (Å²) in [6.45, 7) is 4.92. The van der Waals surface area contributed by atoms with Crippen LogP contribution in [-0.4, -0.2) is 50.4 Å². The van der Waals surface area contributed by atoms with E-state index in [9.17, 15) is 9.59 Å². The summed E-state index contributed by atoms with van der Waals surface area (Å²) in [5.74, 6) is -0.141. The Morgan fingerprint density at radius 1 is 1.13 bits per heavy atom. The zero-order valence-electron chi connectivity index (χ0n) is 14.0. The van der Waals surface area contributed by atoms with Gasteiger partial charge in [-0.2, -0.15) is 0 Å². The van der Waals surface area contributed by atoms with E-state index in [2.05, 4.69) is 17.6 Å². The zero-order valence-corrected chi connectivity index (χ0v) is 14.8. The molecule has 1 saturated heterocycles. The minimum atomic E-state index is -0.0800. The number of benzene rings is 1. The molecule has 1 aromatic carbocycles. The molecule has 5 nitrogen and oxygen atoms in total. The van der Waals surface area contributed by atoms with Crippen molar-refractivity contribution in [2.45, 2.75) is 19.8 Å². The zero-order chi connectivity index (χ0) is 16.2. The average Bonchev–Trinajstić information content (AvgIpc) is 2.53. The number of piperidine rings is 1. The third-order valence-electron chi connectivity index (χ3n) is 4.29. The Balaban J connectivity index is 0.00000264. The lowest BCUT2D eigenvalue weighted by molar-refractivity contribution is 0.0826. The lowest BCUT2D eigenvalue weighted by Crippen LogP contribution is -2.42. The van der Waals surface area contributed by atoms with Gasteiger partial charge in [-0.1, -0.05) is 6.92 Å². The summed E-state index contributed by atoms with van der Waals surface area (Å²) in [6.07, 6.45) is 2.15. The van der Waals surface area contributed by atoms with Gasteiger partial charge in [-0.3, -0.25) is 9.59 Å². The van der Waals surface area contributed by atoms with Crippen LogP contribution in [0.5, 0.6) is 0 Å². The smallest absolute Gasteiger partial charge is 0.253 e. The normalized spacial score (nSPS) is 16.1. The van der Waals surface area contributed by atoms with Gasteiger partial charge in [0, 0.05) is 31.8 Å². The molecule has 0 unspecified atom stereocenters. The highest BCUT2D eigenvalue weighted by atomic mass is 35.5. The van der Waals surface area contributed by atoms with Crippen molar-refractivity contribution in [2.24, 2.45) is 5.41 Å². The van der Waals surface area contributed by atoms with E-state index in [0.717, 1.165) is 25.9 Å². The Kier molecular flexibility index (Phi) is 7.03. The molecule has 0 spiro atoms. The minimum Gasteiger partial charge on any atom is -0.351 e. The maximum absolute atomic E-state index is 12.2. The third-order valence-corrected chi connectivity index (χ3v) is 4.29. The van der Waals surface area contributed by atoms with Gasteiger partial charge in [0.05, 0.1) is 0 Å². The van der Waals surface area contributed by atoms with Gasteiger partial charge in [0.25, 0.3) is 11.8 Å². The van der Waals surface area contributed by atoms with Gasteiger partial charge >= 0.3 is 0 Å². The van der Waals surface area contributed by atoms with Crippen molar-refractivity contribution in [3.63, 3.8) is 0 Å². The molecule has 0 aliphatic carbocycles. The van der Waals surface area contributed by atoms with Crippen molar-refractivity contribution in [1.82, 2.24) is 15.5 Å². The Morgan fingerprint density at radius 3 is 2.17 bits per heavy atom. The second kappa shape index (κ2) is 8.31. The molecule has 1 heterocycles. The fourth-order valence-electron chi connectivity index (χ4n) is 2.63. The van der Waals surface area contributed by atoms with E-state index in [4.69, 9.17) is 0 Å². The van der Waals surface area contributed by atoms with E-state index in [1.54, 1.807) is 38.4 Å². The van der Waals surface area contributed by atoms with Crippen LogP contribution >= 0.6 is 12.4 Å². The highest BCUT2D eigenvalue weighted by molar-refractivity contribution is 5.97. The van der Waals surface area contributed by atoms with E-state index < -0.39 is 0 Å². The van der Waals surface area contributed by atoms with E-state index in [1.165, 1.54) is 4.90 Å². The van der Waals surface area contributed by atoms with Crippen LogP contribution in [-0.2, 0) is 0 Å². The molecule has 23 heavy (non-hydrogen) atoms. The van der Waals surface area contributed by atoms with Gasteiger partial charge in [-0.15, -0.1) is 12.4 Å². The first-order chi connectivity index (χ1) is 10.4. The quantitative estimate of drug-likeness (QED) is 0.881. The van der Waals surface area contributed by atoms with Crippen LogP contribution in [0.2, 0.25) is 0 Å². The lowest BCUT2D eigenvalue weighted by Gasteiger charge is -2.34. The predicted octanol–water partition coefficient (Wildman–Crippen LogP) is 1.93. The molecular formula is C17H26ClN3O2. The number of halogens is 1. The number of amides is 2. The maximum Gasteiger partial charge on any atom is 0.253 e. The monoisotopic (exact) mass is 339 g/mol. The molecule has 2 N–H and O–H groups in total. The van der Waals surface area contributed by atoms with Crippen molar-refractivity contribution < 1.29 is 9.59 Å². The number of hydrogen-bond acceptors (Lipinski definition) is 3. The molecule has 0 bridgehead atoms. The summed E-state index contributed by atoms with van der Waals surface area (Å²) in [5, 5.41) is 6.36. The molecule has 1 aromatic rings. The molecule has 1 fully saturated rings.